The van der Waals surface area contributed by atoms with Crippen molar-refractivity contribution < 1.29 is 14.3 Å². The lowest BCUT2D eigenvalue weighted by molar-refractivity contribution is -0.119. The summed E-state index contributed by atoms with van der Waals surface area (Å²) in [5, 5.41) is 9.40. The molecular formula is C21H35N5O3. The van der Waals surface area contributed by atoms with Crippen LogP contribution in [0.15, 0.2) is 29.3 Å². The number of benzene rings is 1. The molecule has 1 aromatic rings. The largest absolute Gasteiger partial charge is 0.497 e. The van der Waals surface area contributed by atoms with Crippen LogP contribution in [0.3, 0.4) is 0 Å². The minimum atomic E-state index is -0.122. The highest BCUT2D eigenvalue weighted by Gasteiger charge is 2.24. The second-order valence-corrected chi connectivity index (χ2v) is 6.95. The Labute approximate surface area is 174 Å². The van der Waals surface area contributed by atoms with E-state index in [0.717, 1.165) is 25.4 Å². The van der Waals surface area contributed by atoms with Crippen molar-refractivity contribution in [3.8, 4) is 5.75 Å². The number of amides is 1. The number of carbonyl (C=O) groups excluding carboxylic acids is 1. The molecule has 0 spiro atoms. The summed E-state index contributed by atoms with van der Waals surface area (Å²) in [7, 11) is 3.30. The number of hydrogen-bond acceptors (Lipinski definition) is 5. The third-order valence-electron chi connectivity index (χ3n) is 4.88. The molecule has 162 valence electrons. The first kappa shape index (κ1) is 23.0. The summed E-state index contributed by atoms with van der Waals surface area (Å²) in [5.74, 6) is 1.38. The minimum Gasteiger partial charge on any atom is -0.497 e. The van der Waals surface area contributed by atoms with E-state index in [1.165, 1.54) is 18.4 Å². The van der Waals surface area contributed by atoms with Crippen LogP contribution in [0.25, 0.3) is 0 Å². The quantitative estimate of drug-likeness (QED) is 0.291. The van der Waals surface area contributed by atoms with E-state index in [4.69, 9.17) is 9.47 Å². The summed E-state index contributed by atoms with van der Waals surface area (Å²) in [6.07, 6.45) is 2.44. The molecule has 1 heterocycles. The predicted octanol–water partition coefficient (Wildman–Crippen LogP) is 1.15. The Morgan fingerprint density at radius 3 is 2.69 bits per heavy atom. The Bertz CT molecular complexity index is 647. The number of nitrogens with zero attached hydrogens (tertiary/aromatic N) is 2. The second-order valence-electron chi connectivity index (χ2n) is 6.95. The Morgan fingerprint density at radius 1 is 1.21 bits per heavy atom. The lowest BCUT2D eigenvalue weighted by atomic mass is 10.1. The van der Waals surface area contributed by atoms with Crippen molar-refractivity contribution in [2.75, 3.05) is 60.1 Å². The zero-order valence-corrected chi connectivity index (χ0v) is 17.9. The van der Waals surface area contributed by atoms with Crippen molar-refractivity contribution >= 4 is 11.9 Å². The second kappa shape index (κ2) is 13.0. The molecule has 0 aromatic heterocycles. The van der Waals surface area contributed by atoms with Crippen molar-refractivity contribution in [1.29, 1.82) is 0 Å². The van der Waals surface area contributed by atoms with Crippen LogP contribution < -0.4 is 20.7 Å². The highest BCUT2D eigenvalue weighted by Crippen LogP contribution is 2.27. The van der Waals surface area contributed by atoms with E-state index < -0.39 is 0 Å². The maximum atomic E-state index is 11.9. The average molecular weight is 406 g/mol. The number of aliphatic imine (C=N–C) groups is 1. The monoisotopic (exact) mass is 405 g/mol. The summed E-state index contributed by atoms with van der Waals surface area (Å²) in [6.45, 7) is 6.66. The van der Waals surface area contributed by atoms with Crippen LogP contribution in [0.1, 0.15) is 31.4 Å². The van der Waals surface area contributed by atoms with Gasteiger partial charge in [0.2, 0.25) is 5.91 Å². The fourth-order valence-electron chi connectivity index (χ4n) is 3.39. The van der Waals surface area contributed by atoms with Gasteiger partial charge in [-0.05, 0) is 50.6 Å². The maximum Gasteiger partial charge on any atom is 0.241 e. The standard InChI is InChI=1S/C21H35N5O3/c1-4-22-21(25-16-20(27)23-10-13-28-2)24-15-19(26-11-5-6-12-26)17-8-7-9-18(14-17)29-3/h7-9,14,19H,4-6,10-13,15-16H2,1-3H3,(H,23,27)(H2,22,24,25). The van der Waals surface area contributed by atoms with Gasteiger partial charge in [-0.25, -0.2) is 4.99 Å². The molecule has 1 aromatic carbocycles. The molecule has 0 radical (unpaired) electrons. The fraction of sp³-hybridized carbons (Fsp3) is 0.619. The van der Waals surface area contributed by atoms with Gasteiger partial charge in [0.15, 0.2) is 5.96 Å². The van der Waals surface area contributed by atoms with Crippen molar-refractivity contribution in [2.24, 2.45) is 4.99 Å². The molecular weight excluding hydrogens is 370 g/mol. The number of rotatable bonds is 11. The van der Waals surface area contributed by atoms with Gasteiger partial charge >= 0.3 is 0 Å². The molecule has 1 unspecified atom stereocenters. The van der Waals surface area contributed by atoms with E-state index in [0.29, 0.717) is 25.7 Å². The van der Waals surface area contributed by atoms with Crippen molar-refractivity contribution in [3.63, 3.8) is 0 Å². The first-order valence-electron chi connectivity index (χ1n) is 10.3. The SMILES string of the molecule is CCNC(=NCC(=O)NCCOC)NCC(c1cccc(OC)c1)N1CCCC1. The van der Waals surface area contributed by atoms with Crippen LogP contribution in [0.4, 0.5) is 0 Å². The average Bonchev–Trinajstić information content (AvgIpc) is 3.27. The number of hydrogen-bond donors (Lipinski definition) is 3. The smallest absolute Gasteiger partial charge is 0.241 e. The van der Waals surface area contributed by atoms with Gasteiger partial charge in [0.25, 0.3) is 0 Å². The lowest BCUT2D eigenvalue weighted by Gasteiger charge is -2.29. The minimum absolute atomic E-state index is 0.0760. The number of nitrogens with one attached hydrogen (secondary N) is 3. The van der Waals surface area contributed by atoms with Crippen LogP contribution in [0, 0.1) is 0 Å². The summed E-state index contributed by atoms with van der Waals surface area (Å²) in [4.78, 5) is 18.8. The van der Waals surface area contributed by atoms with Gasteiger partial charge in [-0.3, -0.25) is 9.69 Å². The molecule has 8 heteroatoms. The summed E-state index contributed by atoms with van der Waals surface area (Å²) in [6, 6.07) is 8.44. The number of ether oxygens (including phenoxy) is 2. The molecule has 8 nitrogen and oxygen atoms in total. The Morgan fingerprint density at radius 2 is 2.00 bits per heavy atom. The molecule has 0 aliphatic carbocycles. The molecule has 1 fully saturated rings. The van der Waals surface area contributed by atoms with Crippen LogP contribution in [-0.2, 0) is 9.53 Å². The Balaban J connectivity index is 2.01. The van der Waals surface area contributed by atoms with Crippen molar-refractivity contribution in [1.82, 2.24) is 20.9 Å². The number of carbonyl (C=O) groups is 1. The summed E-state index contributed by atoms with van der Waals surface area (Å²) >= 11 is 0. The molecule has 1 saturated heterocycles. The molecule has 3 N–H and O–H groups in total. The number of likely N-dealkylation sites (tertiary alicyclic amines) is 1. The molecule has 1 aliphatic heterocycles. The van der Waals surface area contributed by atoms with Crippen LogP contribution in [-0.4, -0.2) is 76.9 Å². The molecule has 0 saturated carbocycles. The van der Waals surface area contributed by atoms with Crippen molar-refractivity contribution in [3.05, 3.63) is 29.8 Å². The third-order valence-corrected chi connectivity index (χ3v) is 4.88. The van der Waals surface area contributed by atoms with Crippen LogP contribution in [0.5, 0.6) is 5.75 Å². The normalized spacial score (nSPS) is 15.8. The lowest BCUT2D eigenvalue weighted by Crippen LogP contribution is -2.43. The van der Waals surface area contributed by atoms with E-state index in [1.807, 2.05) is 19.1 Å². The number of methoxy groups -OCH3 is 2. The first-order valence-corrected chi connectivity index (χ1v) is 10.3. The van der Waals surface area contributed by atoms with E-state index in [1.54, 1.807) is 14.2 Å². The van der Waals surface area contributed by atoms with Crippen LogP contribution >= 0.6 is 0 Å². The topological polar surface area (TPSA) is 87.2 Å². The molecule has 1 atom stereocenters. The highest BCUT2D eigenvalue weighted by atomic mass is 16.5. The van der Waals surface area contributed by atoms with E-state index in [2.05, 4.69) is 38.0 Å². The Kier molecular flexibility index (Phi) is 10.3. The molecule has 0 bridgehead atoms. The van der Waals surface area contributed by atoms with Gasteiger partial charge < -0.3 is 25.4 Å². The molecule has 2 rings (SSSR count). The first-order chi connectivity index (χ1) is 14.2. The van der Waals surface area contributed by atoms with Gasteiger partial charge in [0.05, 0.1) is 19.8 Å². The molecule has 1 aliphatic rings. The van der Waals surface area contributed by atoms with Gasteiger partial charge in [0, 0.05) is 26.7 Å². The maximum absolute atomic E-state index is 11.9. The van der Waals surface area contributed by atoms with Crippen LogP contribution in [0.2, 0.25) is 0 Å². The predicted molar refractivity (Wildman–Crippen MR) is 115 cm³/mol. The van der Waals surface area contributed by atoms with Crippen molar-refractivity contribution in [2.45, 2.75) is 25.8 Å². The van der Waals surface area contributed by atoms with E-state index in [-0.39, 0.29) is 18.5 Å². The molecule has 1 amide bonds. The zero-order valence-electron chi connectivity index (χ0n) is 17.9. The molecule has 29 heavy (non-hydrogen) atoms. The van der Waals surface area contributed by atoms with Gasteiger partial charge in [-0.2, -0.15) is 0 Å². The zero-order chi connectivity index (χ0) is 20.9. The summed E-state index contributed by atoms with van der Waals surface area (Å²) < 4.78 is 10.3. The van der Waals surface area contributed by atoms with Gasteiger partial charge in [-0.15, -0.1) is 0 Å². The summed E-state index contributed by atoms with van der Waals surface area (Å²) in [5.41, 5.74) is 1.21. The van der Waals surface area contributed by atoms with E-state index in [9.17, 15) is 4.79 Å². The highest BCUT2D eigenvalue weighted by molar-refractivity contribution is 5.84. The van der Waals surface area contributed by atoms with E-state index >= 15 is 0 Å². The van der Waals surface area contributed by atoms with Gasteiger partial charge in [0.1, 0.15) is 12.3 Å². The Hall–Kier alpha value is -2.32. The third kappa shape index (κ3) is 7.91. The van der Waals surface area contributed by atoms with Gasteiger partial charge in [-0.1, -0.05) is 12.1 Å². The number of guanidine groups is 1. The fourth-order valence-corrected chi connectivity index (χ4v) is 3.39.